The minimum Gasteiger partial charge on any atom is -0.481 e. The number of aliphatic carboxylic acids is 1. The summed E-state index contributed by atoms with van der Waals surface area (Å²) in [7, 11) is 2.03. The molecule has 0 bridgehead atoms. The molecular weight excluding hydrogens is 236 g/mol. The van der Waals surface area contributed by atoms with E-state index in [4.69, 9.17) is 5.11 Å². The summed E-state index contributed by atoms with van der Waals surface area (Å²) in [5.74, 6) is -1.13. The van der Waals surface area contributed by atoms with E-state index in [9.17, 15) is 4.79 Å². The predicted molar refractivity (Wildman–Crippen MR) is 69.0 cm³/mol. The SMILES string of the molecule is CCC(C)N(C)c1nc2c(s1)CCC2C(=O)O. The summed E-state index contributed by atoms with van der Waals surface area (Å²) in [5, 5.41) is 10.1. The lowest BCUT2D eigenvalue weighted by Crippen LogP contribution is -2.27. The maximum absolute atomic E-state index is 11.1. The number of hydrogen-bond donors (Lipinski definition) is 1. The zero-order chi connectivity index (χ0) is 12.6. The van der Waals surface area contributed by atoms with Crippen LogP contribution in [0.4, 0.5) is 5.13 Å². The lowest BCUT2D eigenvalue weighted by atomic mass is 10.1. The fourth-order valence-corrected chi connectivity index (χ4v) is 3.27. The second kappa shape index (κ2) is 4.64. The molecule has 4 nitrogen and oxygen atoms in total. The molecule has 2 unspecified atom stereocenters. The Morgan fingerprint density at radius 2 is 2.41 bits per heavy atom. The van der Waals surface area contributed by atoms with Gasteiger partial charge in [-0.15, -0.1) is 11.3 Å². The van der Waals surface area contributed by atoms with Crippen LogP contribution in [-0.4, -0.2) is 29.1 Å². The number of aromatic nitrogens is 1. The minimum atomic E-state index is -0.744. The van der Waals surface area contributed by atoms with Crippen LogP contribution < -0.4 is 4.90 Å². The Hall–Kier alpha value is -1.10. The number of thiazole rings is 1. The average Bonchev–Trinajstić information content (AvgIpc) is 2.85. The first-order valence-corrected chi connectivity index (χ1v) is 6.81. The van der Waals surface area contributed by atoms with Gasteiger partial charge in [-0.1, -0.05) is 6.92 Å². The van der Waals surface area contributed by atoms with Gasteiger partial charge < -0.3 is 10.0 Å². The molecule has 1 aliphatic carbocycles. The summed E-state index contributed by atoms with van der Waals surface area (Å²) < 4.78 is 0. The monoisotopic (exact) mass is 254 g/mol. The maximum atomic E-state index is 11.1. The van der Waals surface area contributed by atoms with Gasteiger partial charge >= 0.3 is 5.97 Å². The van der Waals surface area contributed by atoms with Crippen LogP contribution in [0.25, 0.3) is 0 Å². The Bertz CT molecular complexity index is 430. The number of carboxylic acid groups (broad SMARTS) is 1. The maximum Gasteiger partial charge on any atom is 0.312 e. The molecule has 17 heavy (non-hydrogen) atoms. The van der Waals surface area contributed by atoms with Crippen molar-refractivity contribution < 1.29 is 9.90 Å². The first kappa shape index (κ1) is 12.4. The summed E-state index contributed by atoms with van der Waals surface area (Å²) in [6.07, 6.45) is 2.62. The van der Waals surface area contributed by atoms with Gasteiger partial charge in [0.15, 0.2) is 5.13 Å². The predicted octanol–water partition coefficient (Wildman–Crippen LogP) is 2.49. The van der Waals surface area contributed by atoms with E-state index in [0.29, 0.717) is 12.5 Å². The molecule has 1 N–H and O–H groups in total. The molecule has 1 heterocycles. The summed E-state index contributed by atoms with van der Waals surface area (Å²) in [4.78, 5) is 18.9. The average molecular weight is 254 g/mol. The quantitative estimate of drug-likeness (QED) is 0.897. The van der Waals surface area contributed by atoms with E-state index in [1.807, 2.05) is 7.05 Å². The van der Waals surface area contributed by atoms with Crippen LogP contribution in [0.2, 0.25) is 0 Å². The fraction of sp³-hybridized carbons (Fsp3) is 0.667. The molecular formula is C12H18N2O2S. The fourth-order valence-electron chi connectivity index (χ4n) is 2.07. The van der Waals surface area contributed by atoms with Gasteiger partial charge in [-0.25, -0.2) is 4.98 Å². The highest BCUT2D eigenvalue weighted by Crippen LogP contribution is 2.39. The van der Waals surface area contributed by atoms with Crippen molar-refractivity contribution in [2.75, 3.05) is 11.9 Å². The van der Waals surface area contributed by atoms with Crippen LogP contribution in [0.3, 0.4) is 0 Å². The van der Waals surface area contributed by atoms with Gasteiger partial charge in [0.2, 0.25) is 0 Å². The molecule has 0 amide bonds. The molecule has 1 aromatic rings. The molecule has 0 saturated carbocycles. The number of anilines is 1. The molecule has 94 valence electrons. The minimum absolute atomic E-state index is 0.389. The van der Waals surface area contributed by atoms with Crippen molar-refractivity contribution in [1.29, 1.82) is 0 Å². The molecule has 2 rings (SSSR count). The Morgan fingerprint density at radius 3 is 3.00 bits per heavy atom. The highest BCUT2D eigenvalue weighted by Gasteiger charge is 2.33. The molecule has 0 aromatic carbocycles. The van der Waals surface area contributed by atoms with Crippen molar-refractivity contribution >= 4 is 22.4 Å². The number of fused-ring (bicyclic) bond motifs is 1. The lowest BCUT2D eigenvalue weighted by Gasteiger charge is -2.22. The third-order valence-corrected chi connectivity index (χ3v) is 4.78. The van der Waals surface area contributed by atoms with E-state index >= 15 is 0 Å². The Morgan fingerprint density at radius 1 is 1.71 bits per heavy atom. The van der Waals surface area contributed by atoms with E-state index in [1.165, 1.54) is 0 Å². The third-order valence-electron chi connectivity index (χ3n) is 3.56. The normalized spacial score (nSPS) is 20.1. The topological polar surface area (TPSA) is 53.4 Å². The summed E-state index contributed by atoms with van der Waals surface area (Å²) in [5.41, 5.74) is 0.799. The number of aryl methyl sites for hydroxylation is 1. The van der Waals surface area contributed by atoms with Crippen LogP contribution in [0.15, 0.2) is 0 Å². The van der Waals surface area contributed by atoms with E-state index in [1.54, 1.807) is 11.3 Å². The van der Waals surface area contributed by atoms with Crippen molar-refractivity contribution in [3.63, 3.8) is 0 Å². The van der Waals surface area contributed by atoms with Crippen LogP contribution >= 0.6 is 11.3 Å². The molecule has 1 aromatic heterocycles. The van der Waals surface area contributed by atoms with Crippen molar-refractivity contribution in [2.45, 2.75) is 45.1 Å². The molecule has 2 atom stereocenters. The van der Waals surface area contributed by atoms with Gasteiger partial charge in [0.05, 0.1) is 5.69 Å². The van der Waals surface area contributed by atoms with E-state index in [-0.39, 0.29) is 5.92 Å². The highest BCUT2D eigenvalue weighted by molar-refractivity contribution is 7.15. The summed E-state index contributed by atoms with van der Waals surface area (Å²) in [6, 6.07) is 0.435. The van der Waals surface area contributed by atoms with Crippen molar-refractivity contribution in [3.8, 4) is 0 Å². The van der Waals surface area contributed by atoms with E-state index < -0.39 is 5.97 Å². The van der Waals surface area contributed by atoms with Crippen LogP contribution in [0, 0.1) is 0 Å². The summed E-state index contributed by atoms with van der Waals surface area (Å²) >= 11 is 1.65. The molecule has 0 radical (unpaired) electrons. The number of hydrogen-bond acceptors (Lipinski definition) is 4. The smallest absolute Gasteiger partial charge is 0.312 e. The van der Waals surface area contributed by atoms with Gasteiger partial charge in [-0.05, 0) is 26.2 Å². The molecule has 0 fully saturated rings. The van der Waals surface area contributed by atoms with E-state index in [0.717, 1.165) is 28.5 Å². The summed E-state index contributed by atoms with van der Waals surface area (Å²) in [6.45, 7) is 4.30. The van der Waals surface area contributed by atoms with Gasteiger partial charge in [0, 0.05) is 18.0 Å². The molecule has 5 heteroatoms. The van der Waals surface area contributed by atoms with Crippen LogP contribution in [-0.2, 0) is 11.2 Å². The number of rotatable bonds is 4. The second-order valence-electron chi connectivity index (χ2n) is 4.60. The molecule has 0 spiro atoms. The second-order valence-corrected chi connectivity index (χ2v) is 5.66. The Labute approximate surface area is 105 Å². The van der Waals surface area contributed by atoms with E-state index in [2.05, 4.69) is 23.7 Å². The molecule has 0 aliphatic heterocycles. The zero-order valence-corrected chi connectivity index (χ0v) is 11.3. The largest absolute Gasteiger partial charge is 0.481 e. The number of carboxylic acids is 1. The Balaban J connectivity index is 2.24. The highest BCUT2D eigenvalue weighted by atomic mass is 32.1. The molecule has 1 aliphatic rings. The van der Waals surface area contributed by atoms with Crippen molar-refractivity contribution in [2.24, 2.45) is 0 Å². The van der Waals surface area contributed by atoms with Gasteiger partial charge in [0.25, 0.3) is 0 Å². The number of nitrogens with zero attached hydrogens (tertiary/aromatic N) is 2. The zero-order valence-electron chi connectivity index (χ0n) is 10.4. The van der Waals surface area contributed by atoms with Crippen molar-refractivity contribution in [3.05, 3.63) is 10.6 Å². The van der Waals surface area contributed by atoms with Gasteiger partial charge in [-0.2, -0.15) is 0 Å². The lowest BCUT2D eigenvalue weighted by molar-refractivity contribution is -0.138. The van der Waals surface area contributed by atoms with Crippen molar-refractivity contribution in [1.82, 2.24) is 4.98 Å². The Kier molecular flexibility index (Phi) is 3.38. The van der Waals surface area contributed by atoms with Crippen LogP contribution in [0.1, 0.15) is 43.2 Å². The van der Waals surface area contributed by atoms with Crippen LogP contribution in [0.5, 0.6) is 0 Å². The molecule has 0 saturated heterocycles. The first-order valence-electron chi connectivity index (χ1n) is 5.99. The first-order chi connectivity index (χ1) is 8.04. The number of carbonyl (C=O) groups is 1. The third kappa shape index (κ3) is 2.16. The standard InChI is InChI=1S/C12H18N2O2S/c1-4-7(2)14(3)12-13-10-8(11(15)16)5-6-9(10)17-12/h7-8H,4-6H2,1-3H3,(H,15,16). The van der Waals surface area contributed by atoms with Gasteiger partial charge in [-0.3, -0.25) is 4.79 Å². The van der Waals surface area contributed by atoms with Gasteiger partial charge in [0.1, 0.15) is 5.92 Å².